The predicted molar refractivity (Wildman–Crippen MR) is 68.4 cm³/mol. The molecule has 3 aromatic heterocycles. The molecule has 92 valence electrons. The van der Waals surface area contributed by atoms with Crippen LogP contribution < -0.4 is 5.56 Å². The van der Waals surface area contributed by atoms with Crippen LogP contribution in [0.5, 0.6) is 0 Å². The number of aryl methyl sites for hydroxylation is 1. The van der Waals surface area contributed by atoms with Gasteiger partial charge in [-0.1, -0.05) is 0 Å². The highest BCUT2D eigenvalue weighted by molar-refractivity contribution is 5.59. The highest BCUT2D eigenvalue weighted by Gasteiger charge is 2.09. The molecule has 6 heteroatoms. The average Bonchev–Trinajstić information content (AvgIpc) is 2.84. The lowest BCUT2D eigenvalue weighted by Crippen LogP contribution is -2.14. The van der Waals surface area contributed by atoms with Crippen LogP contribution in [0, 0.1) is 11.3 Å². The maximum Gasteiger partial charge on any atom is 0.250 e. The first-order valence-electron chi connectivity index (χ1n) is 5.61. The number of hydrogen-bond donors (Lipinski definition) is 0. The van der Waals surface area contributed by atoms with E-state index in [1.54, 1.807) is 42.0 Å². The van der Waals surface area contributed by atoms with Crippen molar-refractivity contribution in [1.82, 2.24) is 19.2 Å². The van der Waals surface area contributed by atoms with Crippen LogP contribution in [0.4, 0.5) is 0 Å². The summed E-state index contributed by atoms with van der Waals surface area (Å²) < 4.78 is 3.23. The molecule has 3 heterocycles. The van der Waals surface area contributed by atoms with Crippen molar-refractivity contribution in [2.75, 3.05) is 0 Å². The Morgan fingerprint density at radius 1 is 1.21 bits per heavy atom. The first-order valence-corrected chi connectivity index (χ1v) is 5.61. The predicted octanol–water partition coefficient (Wildman–Crippen LogP) is 0.967. The van der Waals surface area contributed by atoms with Crippen molar-refractivity contribution in [3.8, 4) is 17.5 Å². The van der Waals surface area contributed by atoms with E-state index < -0.39 is 0 Å². The van der Waals surface area contributed by atoms with Gasteiger partial charge in [-0.15, -0.1) is 10.2 Å². The minimum atomic E-state index is -0.108. The Kier molecular flexibility index (Phi) is 2.39. The smallest absolute Gasteiger partial charge is 0.250 e. The van der Waals surface area contributed by atoms with Gasteiger partial charge in [0.25, 0.3) is 5.56 Å². The maximum absolute atomic E-state index is 11.6. The van der Waals surface area contributed by atoms with E-state index in [-0.39, 0.29) is 5.56 Å². The normalized spacial score (nSPS) is 10.5. The van der Waals surface area contributed by atoms with E-state index in [2.05, 4.69) is 16.3 Å². The number of fused-ring (bicyclic) bond motifs is 1. The summed E-state index contributed by atoms with van der Waals surface area (Å²) in [6.45, 7) is 0. The third kappa shape index (κ3) is 1.77. The van der Waals surface area contributed by atoms with Crippen molar-refractivity contribution in [3.05, 3.63) is 52.6 Å². The molecule has 3 aromatic rings. The number of hydrogen-bond acceptors (Lipinski definition) is 4. The minimum Gasteiger partial charge on any atom is -0.319 e. The lowest BCUT2D eigenvalue weighted by Gasteiger charge is -2.01. The topological polar surface area (TPSA) is 76.0 Å². The fourth-order valence-corrected chi connectivity index (χ4v) is 1.84. The van der Waals surface area contributed by atoms with Crippen molar-refractivity contribution < 1.29 is 0 Å². The summed E-state index contributed by atoms with van der Waals surface area (Å²) in [6, 6.07) is 8.69. The molecule has 0 fully saturated rings. The molecule has 0 amide bonds. The van der Waals surface area contributed by atoms with Crippen LogP contribution in [0.2, 0.25) is 0 Å². The molecule has 0 unspecified atom stereocenters. The van der Waals surface area contributed by atoms with Gasteiger partial charge < -0.3 is 4.57 Å². The molecule has 0 saturated carbocycles. The lowest BCUT2D eigenvalue weighted by molar-refractivity contribution is 0.860. The molecule has 0 aliphatic rings. The van der Waals surface area contributed by atoms with E-state index in [1.165, 1.54) is 10.6 Å². The second kappa shape index (κ2) is 4.07. The average molecular weight is 251 g/mol. The maximum atomic E-state index is 11.6. The molecule has 0 bridgehead atoms. The highest BCUT2D eigenvalue weighted by atomic mass is 16.1. The van der Waals surface area contributed by atoms with Gasteiger partial charge in [0.15, 0.2) is 11.5 Å². The third-order valence-electron chi connectivity index (χ3n) is 2.90. The standard InChI is InChI=1S/C13H9N5O/c1-17-4-3-10(7-12(17)19)13-16-15-11-6-9(8-14)2-5-18(11)13/h2-7H,1H3. The van der Waals surface area contributed by atoms with Crippen molar-refractivity contribution in [2.24, 2.45) is 7.05 Å². The zero-order valence-corrected chi connectivity index (χ0v) is 10.1. The Labute approximate surface area is 108 Å². The van der Waals surface area contributed by atoms with Gasteiger partial charge in [-0.3, -0.25) is 9.20 Å². The van der Waals surface area contributed by atoms with Gasteiger partial charge in [0, 0.05) is 37.1 Å². The van der Waals surface area contributed by atoms with Crippen molar-refractivity contribution in [3.63, 3.8) is 0 Å². The number of aromatic nitrogens is 4. The Morgan fingerprint density at radius 2 is 2.05 bits per heavy atom. The summed E-state index contributed by atoms with van der Waals surface area (Å²) in [5, 5.41) is 16.9. The van der Waals surface area contributed by atoms with Gasteiger partial charge in [-0.05, 0) is 12.1 Å². The Balaban J connectivity index is 2.23. The van der Waals surface area contributed by atoms with Gasteiger partial charge >= 0.3 is 0 Å². The van der Waals surface area contributed by atoms with Crippen LogP contribution in [0.1, 0.15) is 5.56 Å². The van der Waals surface area contributed by atoms with Crippen LogP contribution >= 0.6 is 0 Å². The summed E-state index contributed by atoms with van der Waals surface area (Å²) in [6.07, 6.45) is 3.41. The molecular formula is C13H9N5O. The molecule has 0 aromatic carbocycles. The zero-order chi connectivity index (χ0) is 13.4. The van der Waals surface area contributed by atoms with Crippen LogP contribution in [-0.4, -0.2) is 19.2 Å². The van der Waals surface area contributed by atoms with Crippen molar-refractivity contribution in [1.29, 1.82) is 5.26 Å². The first-order chi connectivity index (χ1) is 9.19. The fraction of sp³-hybridized carbons (Fsp3) is 0.0769. The summed E-state index contributed by atoms with van der Waals surface area (Å²) in [5.41, 5.74) is 1.69. The Morgan fingerprint density at radius 3 is 2.79 bits per heavy atom. The van der Waals surface area contributed by atoms with Crippen LogP contribution in [0.15, 0.2) is 41.5 Å². The number of nitriles is 1. The Hall–Kier alpha value is -2.94. The molecule has 0 aliphatic heterocycles. The molecule has 0 radical (unpaired) electrons. The largest absolute Gasteiger partial charge is 0.319 e. The zero-order valence-electron chi connectivity index (χ0n) is 10.1. The van der Waals surface area contributed by atoms with Gasteiger partial charge in [0.2, 0.25) is 0 Å². The molecule has 0 aliphatic carbocycles. The monoisotopic (exact) mass is 251 g/mol. The lowest BCUT2D eigenvalue weighted by atomic mass is 10.2. The molecule has 0 N–H and O–H groups in total. The quantitative estimate of drug-likeness (QED) is 0.645. The van der Waals surface area contributed by atoms with E-state index >= 15 is 0 Å². The Bertz CT molecular complexity index is 869. The van der Waals surface area contributed by atoms with E-state index in [4.69, 9.17) is 5.26 Å². The SMILES string of the molecule is Cn1ccc(-c2nnc3cc(C#N)ccn23)cc1=O. The summed E-state index contributed by atoms with van der Waals surface area (Å²) in [4.78, 5) is 11.6. The summed E-state index contributed by atoms with van der Waals surface area (Å²) in [7, 11) is 1.69. The van der Waals surface area contributed by atoms with Gasteiger partial charge in [0.05, 0.1) is 11.6 Å². The second-order valence-electron chi connectivity index (χ2n) is 4.14. The first kappa shape index (κ1) is 11.2. The summed E-state index contributed by atoms with van der Waals surface area (Å²) >= 11 is 0. The van der Waals surface area contributed by atoms with E-state index in [0.717, 1.165) is 0 Å². The van der Waals surface area contributed by atoms with Crippen molar-refractivity contribution in [2.45, 2.75) is 0 Å². The number of pyridine rings is 2. The molecule has 6 nitrogen and oxygen atoms in total. The number of nitrogens with zero attached hydrogens (tertiary/aromatic N) is 5. The van der Waals surface area contributed by atoms with Gasteiger partial charge in [-0.25, -0.2) is 0 Å². The summed E-state index contributed by atoms with van der Waals surface area (Å²) in [5.74, 6) is 0.581. The molecule has 0 spiro atoms. The molecule has 3 rings (SSSR count). The minimum absolute atomic E-state index is 0.108. The molecular weight excluding hydrogens is 242 g/mol. The van der Waals surface area contributed by atoms with E-state index in [0.29, 0.717) is 22.6 Å². The van der Waals surface area contributed by atoms with Gasteiger partial charge in [-0.2, -0.15) is 5.26 Å². The van der Waals surface area contributed by atoms with Crippen molar-refractivity contribution >= 4 is 5.65 Å². The molecule has 0 saturated heterocycles. The van der Waals surface area contributed by atoms with Crippen LogP contribution in [0.3, 0.4) is 0 Å². The van der Waals surface area contributed by atoms with Crippen LogP contribution in [-0.2, 0) is 7.05 Å². The number of rotatable bonds is 1. The third-order valence-corrected chi connectivity index (χ3v) is 2.90. The highest BCUT2D eigenvalue weighted by Crippen LogP contribution is 2.16. The second-order valence-corrected chi connectivity index (χ2v) is 4.14. The fourth-order valence-electron chi connectivity index (χ4n) is 1.84. The van der Waals surface area contributed by atoms with Crippen LogP contribution in [0.25, 0.3) is 17.0 Å². The van der Waals surface area contributed by atoms with Gasteiger partial charge in [0.1, 0.15) is 0 Å². The van der Waals surface area contributed by atoms with E-state index in [1.807, 2.05) is 0 Å². The van der Waals surface area contributed by atoms with E-state index in [9.17, 15) is 4.79 Å². The molecule has 0 atom stereocenters. The molecule has 19 heavy (non-hydrogen) atoms.